The van der Waals surface area contributed by atoms with Crippen LogP contribution >= 0.6 is 0 Å². The molecule has 0 fully saturated rings. The fraction of sp³-hybridized carbons (Fsp3) is 0.409. The highest BCUT2D eigenvalue weighted by molar-refractivity contribution is 5.66. The van der Waals surface area contributed by atoms with Gasteiger partial charge in [0.2, 0.25) is 0 Å². The van der Waals surface area contributed by atoms with Crippen molar-refractivity contribution < 1.29 is 9.53 Å². The average molecular weight is 328 g/mol. The highest BCUT2D eigenvalue weighted by Crippen LogP contribution is 2.07. The first kappa shape index (κ1) is 21.9. The van der Waals surface area contributed by atoms with Gasteiger partial charge >= 0.3 is 5.97 Å². The van der Waals surface area contributed by atoms with Gasteiger partial charge < -0.3 is 4.74 Å². The predicted octanol–water partition coefficient (Wildman–Crippen LogP) is 6.25. The molecule has 0 spiro atoms. The molecule has 0 aromatic heterocycles. The Morgan fingerprint density at radius 2 is 1.46 bits per heavy atom. The molecule has 0 atom stereocenters. The summed E-state index contributed by atoms with van der Waals surface area (Å²) >= 11 is 0. The number of hydrogen-bond donors (Lipinski definition) is 0. The normalized spacial score (nSPS) is 13.7. The number of carbonyl (C=O) groups excluding carboxylic acids is 1. The number of rotatable bonds is 9. The second-order valence-electron chi connectivity index (χ2n) is 6.21. The van der Waals surface area contributed by atoms with Gasteiger partial charge in [0.25, 0.3) is 0 Å². The molecule has 132 valence electrons. The van der Waals surface area contributed by atoms with E-state index in [-0.39, 0.29) is 5.97 Å². The van der Waals surface area contributed by atoms with Crippen LogP contribution in [0, 0.1) is 0 Å². The Kier molecular flexibility index (Phi) is 12.2. The van der Waals surface area contributed by atoms with Gasteiger partial charge in [0.1, 0.15) is 6.61 Å². The van der Waals surface area contributed by atoms with E-state index < -0.39 is 0 Å². The van der Waals surface area contributed by atoms with E-state index in [0.717, 1.165) is 18.4 Å². The Labute approximate surface area is 148 Å². The fourth-order valence-corrected chi connectivity index (χ4v) is 1.80. The first-order valence-electron chi connectivity index (χ1n) is 8.43. The second-order valence-corrected chi connectivity index (χ2v) is 6.21. The molecule has 0 rings (SSSR count). The highest BCUT2D eigenvalue weighted by Gasteiger charge is 1.89. The standard InChI is InChI=1S/C22H32O2/c1-18(2)10-7-11-19(3)12-8-13-20(4)14-9-15-21(5)16-17-24-22(6)23/h8-10,12-16H,7,11,17H2,1-6H3/b13-8+,15-9+,19-12+,20-14+,21-16+. The van der Waals surface area contributed by atoms with Gasteiger partial charge in [-0.15, -0.1) is 0 Å². The van der Waals surface area contributed by atoms with Crippen molar-refractivity contribution >= 4 is 5.97 Å². The van der Waals surface area contributed by atoms with Crippen molar-refractivity contribution in [2.75, 3.05) is 6.61 Å². The van der Waals surface area contributed by atoms with Gasteiger partial charge in [-0.05, 0) is 53.5 Å². The molecule has 0 aliphatic rings. The van der Waals surface area contributed by atoms with Crippen molar-refractivity contribution in [3.8, 4) is 0 Å². The molecule has 0 saturated heterocycles. The SMILES string of the molecule is CC(=O)OC/C=C(C)/C=C/C=C(C)/C=C/C=C(\C)CCC=C(C)C. The molecule has 0 aromatic rings. The molecule has 0 aliphatic carbocycles. The Morgan fingerprint density at radius 3 is 2.08 bits per heavy atom. The Balaban J connectivity index is 4.36. The van der Waals surface area contributed by atoms with E-state index in [1.165, 1.54) is 23.6 Å². The quantitative estimate of drug-likeness (QED) is 0.284. The van der Waals surface area contributed by atoms with E-state index >= 15 is 0 Å². The number of hydrogen-bond acceptors (Lipinski definition) is 2. The van der Waals surface area contributed by atoms with E-state index in [0.29, 0.717) is 6.61 Å². The van der Waals surface area contributed by atoms with Crippen LogP contribution in [0.5, 0.6) is 0 Å². The van der Waals surface area contributed by atoms with Crippen molar-refractivity contribution in [3.05, 3.63) is 70.9 Å². The first-order valence-corrected chi connectivity index (χ1v) is 8.43. The summed E-state index contributed by atoms with van der Waals surface area (Å²) in [6.07, 6.45) is 18.8. The van der Waals surface area contributed by atoms with Crippen molar-refractivity contribution in [2.45, 2.75) is 54.4 Å². The third-order valence-electron chi connectivity index (χ3n) is 3.24. The van der Waals surface area contributed by atoms with Gasteiger partial charge in [0.15, 0.2) is 0 Å². The van der Waals surface area contributed by atoms with Crippen LogP contribution in [0.15, 0.2) is 70.9 Å². The molecule has 0 aromatic carbocycles. The highest BCUT2D eigenvalue weighted by atomic mass is 16.5. The zero-order valence-corrected chi connectivity index (χ0v) is 16.1. The lowest BCUT2D eigenvalue weighted by molar-refractivity contribution is -0.139. The summed E-state index contributed by atoms with van der Waals surface area (Å²) in [5, 5.41) is 0. The summed E-state index contributed by atoms with van der Waals surface area (Å²) in [7, 11) is 0. The lowest BCUT2D eigenvalue weighted by Crippen LogP contribution is -1.97. The number of carbonyl (C=O) groups is 1. The third kappa shape index (κ3) is 14.8. The second kappa shape index (κ2) is 13.4. The van der Waals surface area contributed by atoms with Crippen LogP contribution in [0.2, 0.25) is 0 Å². The van der Waals surface area contributed by atoms with E-state index in [2.05, 4.69) is 58.1 Å². The van der Waals surface area contributed by atoms with Gasteiger partial charge in [0, 0.05) is 6.92 Å². The van der Waals surface area contributed by atoms with E-state index in [1.54, 1.807) is 0 Å². The maximum absolute atomic E-state index is 10.7. The van der Waals surface area contributed by atoms with Crippen LogP contribution in [-0.2, 0) is 9.53 Å². The molecule has 0 heterocycles. The predicted molar refractivity (Wildman–Crippen MR) is 105 cm³/mol. The molecule has 0 N–H and O–H groups in total. The lowest BCUT2D eigenvalue weighted by Gasteiger charge is -1.97. The van der Waals surface area contributed by atoms with E-state index in [1.807, 2.05) is 25.2 Å². The lowest BCUT2D eigenvalue weighted by atomic mass is 10.1. The maximum atomic E-state index is 10.7. The first-order chi connectivity index (χ1) is 11.3. The van der Waals surface area contributed by atoms with Crippen molar-refractivity contribution in [1.29, 1.82) is 0 Å². The Hall–Kier alpha value is -2.09. The summed E-state index contributed by atoms with van der Waals surface area (Å²) in [5.41, 5.74) is 5.02. The molecule has 2 heteroatoms. The average Bonchev–Trinajstić information content (AvgIpc) is 2.46. The fourth-order valence-electron chi connectivity index (χ4n) is 1.80. The number of esters is 1. The van der Waals surface area contributed by atoms with Crippen LogP contribution in [0.1, 0.15) is 54.4 Å². The molecule has 0 amide bonds. The number of allylic oxidation sites excluding steroid dienone is 11. The Bertz CT molecular complexity index is 563. The molecular weight excluding hydrogens is 296 g/mol. The van der Waals surface area contributed by atoms with Gasteiger partial charge in [-0.1, -0.05) is 64.8 Å². The largest absolute Gasteiger partial charge is 0.462 e. The third-order valence-corrected chi connectivity index (χ3v) is 3.24. The van der Waals surface area contributed by atoms with E-state index in [9.17, 15) is 4.79 Å². The van der Waals surface area contributed by atoms with Crippen LogP contribution in [0.4, 0.5) is 0 Å². The van der Waals surface area contributed by atoms with Gasteiger partial charge in [0.05, 0.1) is 0 Å². The van der Waals surface area contributed by atoms with Gasteiger partial charge in [-0.3, -0.25) is 4.79 Å². The monoisotopic (exact) mass is 328 g/mol. The molecule has 0 aliphatic heterocycles. The van der Waals surface area contributed by atoms with Crippen molar-refractivity contribution in [2.24, 2.45) is 0 Å². The number of ether oxygens (including phenoxy) is 1. The molecular formula is C22H32O2. The summed E-state index contributed by atoms with van der Waals surface area (Å²) in [5.74, 6) is -0.256. The minimum atomic E-state index is -0.256. The molecule has 2 nitrogen and oxygen atoms in total. The van der Waals surface area contributed by atoms with Crippen LogP contribution in [0.3, 0.4) is 0 Å². The molecule has 0 radical (unpaired) electrons. The van der Waals surface area contributed by atoms with Crippen LogP contribution in [-0.4, -0.2) is 12.6 Å². The van der Waals surface area contributed by atoms with Crippen molar-refractivity contribution in [1.82, 2.24) is 0 Å². The summed E-state index contributed by atoms with van der Waals surface area (Å²) < 4.78 is 4.87. The summed E-state index contributed by atoms with van der Waals surface area (Å²) in [4.78, 5) is 10.7. The topological polar surface area (TPSA) is 26.3 Å². The van der Waals surface area contributed by atoms with Gasteiger partial charge in [-0.2, -0.15) is 0 Å². The van der Waals surface area contributed by atoms with Crippen molar-refractivity contribution in [3.63, 3.8) is 0 Å². The summed E-state index contributed by atoms with van der Waals surface area (Å²) in [6, 6.07) is 0. The molecule has 0 unspecified atom stereocenters. The zero-order valence-electron chi connectivity index (χ0n) is 16.1. The zero-order chi connectivity index (χ0) is 18.4. The van der Waals surface area contributed by atoms with E-state index in [4.69, 9.17) is 4.74 Å². The van der Waals surface area contributed by atoms with Gasteiger partial charge in [-0.25, -0.2) is 0 Å². The smallest absolute Gasteiger partial charge is 0.302 e. The summed E-state index contributed by atoms with van der Waals surface area (Å²) in [6.45, 7) is 12.2. The molecule has 0 bridgehead atoms. The molecule has 0 saturated carbocycles. The minimum Gasteiger partial charge on any atom is -0.462 e. The van der Waals surface area contributed by atoms with Crippen LogP contribution < -0.4 is 0 Å². The van der Waals surface area contributed by atoms with Crippen LogP contribution in [0.25, 0.3) is 0 Å². The minimum absolute atomic E-state index is 0.256. The Morgan fingerprint density at radius 1 is 0.833 bits per heavy atom. The maximum Gasteiger partial charge on any atom is 0.302 e. The molecule has 24 heavy (non-hydrogen) atoms.